The fourth-order valence-corrected chi connectivity index (χ4v) is 1.47. The summed E-state index contributed by atoms with van der Waals surface area (Å²) in [6.07, 6.45) is 0. The SMILES string of the molecule is COc1cccc(S(=O)(=O)O)c1O.[Na]. The largest absolute Gasteiger partial charge is 0.503 e. The van der Waals surface area contributed by atoms with E-state index in [1.165, 1.54) is 19.2 Å². The Hall–Kier alpha value is -0.270. The van der Waals surface area contributed by atoms with Gasteiger partial charge in [-0.05, 0) is 12.1 Å². The van der Waals surface area contributed by atoms with Gasteiger partial charge in [-0.1, -0.05) is 6.07 Å². The van der Waals surface area contributed by atoms with E-state index < -0.39 is 20.8 Å². The molecule has 5 nitrogen and oxygen atoms in total. The van der Waals surface area contributed by atoms with Gasteiger partial charge in [-0.3, -0.25) is 4.55 Å². The summed E-state index contributed by atoms with van der Waals surface area (Å²) in [5, 5.41) is 9.26. The standard InChI is InChI=1S/C7H8O5S.Na/c1-12-5-3-2-4-6(7(5)8)13(9,10)11;/h2-4,8H,1H3,(H,9,10,11);. The van der Waals surface area contributed by atoms with E-state index in [2.05, 4.69) is 4.74 Å². The Bertz CT molecular complexity index is 414. The van der Waals surface area contributed by atoms with Crippen molar-refractivity contribution in [2.75, 3.05) is 7.11 Å². The van der Waals surface area contributed by atoms with Crippen molar-refractivity contribution in [3.8, 4) is 11.5 Å². The molecule has 0 fully saturated rings. The molecule has 7 heteroatoms. The molecule has 1 aromatic carbocycles. The minimum Gasteiger partial charge on any atom is -0.503 e. The van der Waals surface area contributed by atoms with Gasteiger partial charge >= 0.3 is 0 Å². The van der Waals surface area contributed by atoms with E-state index in [1.807, 2.05) is 0 Å². The van der Waals surface area contributed by atoms with Crippen molar-refractivity contribution in [1.82, 2.24) is 0 Å². The van der Waals surface area contributed by atoms with Crippen LogP contribution in [0.4, 0.5) is 0 Å². The molecule has 0 bridgehead atoms. The van der Waals surface area contributed by atoms with Gasteiger partial charge in [0.2, 0.25) is 0 Å². The normalized spacial score (nSPS) is 10.4. The van der Waals surface area contributed by atoms with Crippen LogP contribution in [0.1, 0.15) is 0 Å². The second kappa shape index (κ2) is 4.99. The molecule has 0 saturated carbocycles. The van der Waals surface area contributed by atoms with Crippen LogP contribution in [0.15, 0.2) is 23.1 Å². The van der Waals surface area contributed by atoms with Crippen molar-refractivity contribution in [3.05, 3.63) is 18.2 Å². The van der Waals surface area contributed by atoms with Crippen molar-refractivity contribution in [2.45, 2.75) is 4.90 Å². The van der Waals surface area contributed by atoms with Crippen molar-refractivity contribution in [2.24, 2.45) is 0 Å². The maximum atomic E-state index is 10.7. The van der Waals surface area contributed by atoms with Crippen LogP contribution in [-0.4, -0.2) is 54.7 Å². The van der Waals surface area contributed by atoms with Crippen molar-refractivity contribution in [1.29, 1.82) is 0 Å². The van der Waals surface area contributed by atoms with Crippen LogP contribution in [-0.2, 0) is 10.1 Å². The minimum absolute atomic E-state index is 0. The van der Waals surface area contributed by atoms with Gasteiger partial charge in [-0.25, -0.2) is 0 Å². The van der Waals surface area contributed by atoms with E-state index in [-0.39, 0.29) is 35.3 Å². The summed E-state index contributed by atoms with van der Waals surface area (Å²) in [5.74, 6) is -0.595. The van der Waals surface area contributed by atoms with E-state index in [0.29, 0.717) is 0 Å². The molecule has 0 aromatic heterocycles. The van der Waals surface area contributed by atoms with Crippen LogP contribution in [0.2, 0.25) is 0 Å². The molecule has 0 aliphatic heterocycles. The molecule has 0 spiro atoms. The Labute approximate surface area is 104 Å². The van der Waals surface area contributed by atoms with Crippen LogP contribution in [0, 0.1) is 0 Å². The van der Waals surface area contributed by atoms with Gasteiger partial charge in [0.25, 0.3) is 10.1 Å². The summed E-state index contributed by atoms with van der Waals surface area (Å²) in [6, 6.07) is 3.80. The van der Waals surface area contributed by atoms with Gasteiger partial charge < -0.3 is 9.84 Å². The fourth-order valence-electron chi connectivity index (χ4n) is 0.875. The Balaban J connectivity index is 0.00000169. The number of methoxy groups -OCH3 is 1. The third kappa shape index (κ3) is 2.86. The fraction of sp³-hybridized carbons (Fsp3) is 0.143. The predicted molar refractivity (Wildman–Crippen MR) is 50.2 cm³/mol. The summed E-state index contributed by atoms with van der Waals surface area (Å²) in [6.45, 7) is 0. The average molecular weight is 227 g/mol. The van der Waals surface area contributed by atoms with Gasteiger partial charge in [0.1, 0.15) is 4.90 Å². The number of phenols is 1. The quantitative estimate of drug-likeness (QED) is 0.559. The molecule has 0 amide bonds. The number of para-hydroxylation sites is 1. The third-order valence-electron chi connectivity index (χ3n) is 1.46. The maximum absolute atomic E-state index is 10.7. The second-order valence-electron chi connectivity index (χ2n) is 2.28. The van der Waals surface area contributed by atoms with Gasteiger partial charge in [0, 0.05) is 29.6 Å². The molecular formula is C7H8NaO5S. The van der Waals surface area contributed by atoms with E-state index in [9.17, 15) is 13.5 Å². The van der Waals surface area contributed by atoms with Gasteiger partial charge in [-0.2, -0.15) is 8.42 Å². The Kier molecular flexibility index (Phi) is 4.90. The van der Waals surface area contributed by atoms with Crippen molar-refractivity contribution < 1.29 is 22.8 Å². The molecule has 1 radical (unpaired) electrons. The first-order valence-corrected chi connectivity index (χ1v) is 4.74. The first kappa shape index (κ1) is 13.7. The zero-order chi connectivity index (χ0) is 10.1. The summed E-state index contributed by atoms with van der Waals surface area (Å²) in [7, 11) is -3.12. The minimum atomic E-state index is -4.40. The molecule has 1 aromatic rings. The number of benzene rings is 1. The van der Waals surface area contributed by atoms with E-state index in [0.717, 1.165) is 6.07 Å². The van der Waals surface area contributed by atoms with Crippen LogP contribution >= 0.6 is 0 Å². The van der Waals surface area contributed by atoms with E-state index in [4.69, 9.17) is 4.55 Å². The molecule has 0 unspecified atom stereocenters. The van der Waals surface area contributed by atoms with Crippen LogP contribution < -0.4 is 4.74 Å². The summed E-state index contributed by atoms with van der Waals surface area (Å²) in [5.41, 5.74) is 0. The summed E-state index contributed by atoms with van der Waals surface area (Å²) < 4.78 is 34.6. The van der Waals surface area contributed by atoms with Gasteiger partial charge in [0.05, 0.1) is 7.11 Å². The molecule has 0 aliphatic rings. The van der Waals surface area contributed by atoms with E-state index in [1.54, 1.807) is 0 Å². The molecule has 73 valence electrons. The van der Waals surface area contributed by atoms with Gasteiger partial charge in [-0.15, -0.1) is 0 Å². The number of ether oxygens (including phenoxy) is 1. The Morgan fingerprint density at radius 1 is 1.36 bits per heavy atom. The number of hydrogen-bond donors (Lipinski definition) is 2. The number of hydrogen-bond acceptors (Lipinski definition) is 4. The molecule has 14 heavy (non-hydrogen) atoms. The summed E-state index contributed by atoms with van der Waals surface area (Å²) in [4.78, 5) is -0.563. The van der Waals surface area contributed by atoms with Crippen LogP contribution in [0.3, 0.4) is 0 Å². The molecular weight excluding hydrogens is 219 g/mol. The first-order chi connectivity index (χ1) is 5.96. The molecule has 0 saturated heterocycles. The molecule has 2 N–H and O–H groups in total. The maximum Gasteiger partial charge on any atom is 0.298 e. The van der Waals surface area contributed by atoms with Crippen LogP contribution in [0.5, 0.6) is 11.5 Å². The Morgan fingerprint density at radius 2 is 1.93 bits per heavy atom. The smallest absolute Gasteiger partial charge is 0.298 e. The summed E-state index contributed by atoms with van der Waals surface area (Å²) >= 11 is 0. The number of aromatic hydroxyl groups is 1. The predicted octanol–water partition coefficient (Wildman–Crippen LogP) is 0.267. The molecule has 0 atom stereocenters. The molecule has 0 heterocycles. The third-order valence-corrected chi connectivity index (χ3v) is 2.35. The Morgan fingerprint density at radius 3 is 2.36 bits per heavy atom. The second-order valence-corrected chi connectivity index (χ2v) is 3.67. The zero-order valence-electron chi connectivity index (χ0n) is 7.76. The number of rotatable bonds is 2. The average Bonchev–Trinajstić information content (AvgIpc) is 2.02. The first-order valence-electron chi connectivity index (χ1n) is 3.30. The monoisotopic (exact) mass is 227 g/mol. The van der Waals surface area contributed by atoms with Crippen molar-refractivity contribution in [3.63, 3.8) is 0 Å². The topological polar surface area (TPSA) is 83.8 Å². The van der Waals surface area contributed by atoms with Gasteiger partial charge in [0.15, 0.2) is 11.5 Å². The zero-order valence-corrected chi connectivity index (χ0v) is 10.6. The van der Waals surface area contributed by atoms with E-state index >= 15 is 0 Å². The molecule has 1 rings (SSSR count). The number of phenolic OH excluding ortho intramolecular Hbond substituents is 1. The van der Waals surface area contributed by atoms with Crippen LogP contribution in [0.25, 0.3) is 0 Å². The molecule has 0 aliphatic carbocycles. The van der Waals surface area contributed by atoms with Crippen molar-refractivity contribution >= 4 is 39.7 Å².